The highest BCUT2D eigenvalue weighted by Gasteiger charge is 2.60. The molecule has 0 saturated carbocycles. The number of imide groups is 1. The number of hydrogen-bond acceptors (Lipinski definition) is 8. The normalized spacial score (nSPS) is 30.2. The molecule has 3 rings (SSSR count). The Bertz CT molecular complexity index is 835. The van der Waals surface area contributed by atoms with E-state index in [2.05, 4.69) is 5.32 Å². The zero-order chi connectivity index (χ0) is 23.7. The summed E-state index contributed by atoms with van der Waals surface area (Å²) in [6, 6.07) is -0.830. The van der Waals surface area contributed by atoms with Crippen molar-refractivity contribution in [2.45, 2.75) is 50.1 Å². The van der Waals surface area contributed by atoms with Gasteiger partial charge in [0, 0.05) is 53.6 Å². The second-order valence-corrected chi connectivity index (χ2v) is 11.0. The van der Waals surface area contributed by atoms with E-state index in [-0.39, 0.29) is 47.2 Å². The van der Waals surface area contributed by atoms with E-state index in [0.29, 0.717) is 10.7 Å². The maximum absolute atomic E-state index is 12.4. The van der Waals surface area contributed by atoms with Gasteiger partial charge < -0.3 is 26.2 Å². The molecular weight excluding hydrogens is 456 g/mol. The molecule has 4 amide bonds. The van der Waals surface area contributed by atoms with Gasteiger partial charge in [0.2, 0.25) is 11.8 Å². The number of nitrogens with one attached hydrogen (secondary N) is 1. The smallest absolute Gasteiger partial charge is 0.353 e. The molecule has 6 unspecified atom stereocenters. The molecule has 0 radical (unpaired) electrons. The number of carbonyl (C=O) groups is 4. The molecule has 0 aromatic rings. The van der Waals surface area contributed by atoms with Crippen molar-refractivity contribution in [3.8, 4) is 0 Å². The van der Waals surface area contributed by atoms with Gasteiger partial charge in [-0.25, -0.2) is 9.59 Å². The number of carbonyl (C=O) groups excluding carboxylic acids is 3. The van der Waals surface area contributed by atoms with Crippen molar-refractivity contribution in [3.63, 3.8) is 0 Å². The first-order chi connectivity index (χ1) is 15.0. The molecule has 0 aliphatic carbocycles. The maximum Gasteiger partial charge on any atom is 0.353 e. The summed E-state index contributed by atoms with van der Waals surface area (Å²) in [4.78, 5) is 50.1. The van der Waals surface area contributed by atoms with Gasteiger partial charge in [-0.05, 0) is 13.3 Å². The molecule has 32 heavy (non-hydrogen) atoms. The zero-order valence-corrected chi connectivity index (χ0v) is 19.9. The first-order valence-corrected chi connectivity index (χ1v) is 12.6. The molecule has 6 atom stereocenters. The molecule has 3 aliphatic rings. The van der Waals surface area contributed by atoms with Crippen molar-refractivity contribution < 1.29 is 29.4 Å². The molecule has 0 spiro atoms. The minimum absolute atomic E-state index is 0.0595. The summed E-state index contributed by atoms with van der Waals surface area (Å²) in [5, 5.41) is 23.3. The Kier molecular flexibility index (Phi) is 7.79. The van der Waals surface area contributed by atoms with Crippen LogP contribution in [-0.4, -0.2) is 92.4 Å². The Balaban J connectivity index is 1.52. The van der Waals surface area contributed by atoms with E-state index in [4.69, 9.17) is 5.73 Å². The molecule has 0 bridgehead atoms. The Hall–Kier alpha value is -1.76. The number of aliphatic hydroxyl groups excluding tert-OH is 1. The number of nitrogens with two attached hydrogens (primary N) is 1. The number of aliphatic carboxylic acids is 1. The van der Waals surface area contributed by atoms with Crippen LogP contribution in [0, 0.1) is 11.8 Å². The number of rotatable bonds is 9. The zero-order valence-electron chi connectivity index (χ0n) is 18.3. The third kappa shape index (κ3) is 4.78. The van der Waals surface area contributed by atoms with Gasteiger partial charge in [0.05, 0.1) is 18.1 Å². The minimum Gasteiger partial charge on any atom is -0.477 e. The minimum atomic E-state index is -1.11. The van der Waals surface area contributed by atoms with E-state index in [1.54, 1.807) is 18.7 Å². The molecule has 0 aromatic heterocycles. The van der Waals surface area contributed by atoms with E-state index in [1.165, 1.54) is 23.7 Å². The molecule has 178 valence electrons. The summed E-state index contributed by atoms with van der Waals surface area (Å²) in [5.41, 5.74) is 5.14. The van der Waals surface area contributed by atoms with Crippen molar-refractivity contribution in [2.75, 3.05) is 25.1 Å². The largest absolute Gasteiger partial charge is 0.477 e. The van der Waals surface area contributed by atoms with Crippen molar-refractivity contribution >= 4 is 47.3 Å². The monoisotopic (exact) mass is 486 g/mol. The van der Waals surface area contributed by atoms with Crippen LogP contribution in [-0.2, 0) is 14.4 Å². The molecular formula is C20H30N4O6S2. The second-order valence-electron chi connectivity index (χ2n) is 8.47. The molecule has 3 heterocycles. The Labute approximate surface area is 195 Å². The number of amides is 4. The summed E-state index contributed by atoms with van der Waals surface area (Å²) in [6.45, 7) is 4.22. The van der Waals surface area contributed by atoms with Crippen molar-refractivity contribution in [3.05, 3.63) is 10.6 Å². The Morgan fingerprint density at radius 3 is 2.66 bits per heavy atom. The molecule has 2 fully saturated rings. The lowest BCUT2D eigenvalue weighted by Crippen LogP contribution is -2.63. The number of nitrogens with zero attached hydrogens (tertiary/aromatic N) is 2. The van der Waals surface area contributed by atoms with Crippen LogP contribution in [0.25, 0.3) is 0 Å². The number of fused-ring (bicyclic) bond motifs is 1. The van der Waals surface area contributed by atoms with E-state index < -0.39 is 24.0 Å². The molecule has 5 N–H and O–H groups in total. The lowest BCUT2D eigenvalue weighted by atomic mass is 9.79. The van der Waals surface area contributed by atoms with Gasteiger partial charge in [-0.15, -0.1) is 11.8 Å². The van der Waals surface area contributed by atoms with E-state index in [9.17, 15) is 29.4 Å². The van der Waals surface area contributed by atoms with Crippen LogP contribution in [0.1, 0.15) is 26.7 Å². The van der Waals surface area contributed by atoms with Crippen LogP contribution in [0.15, 0.2) is 10.6 Å². The summed E-state index contributed by atoms with van der Waals surface area (Å²) in [6.07, 6.45) is 0.264. The highest BCUT2D eigenvalue weighted by atomic mass is 32.2. The fourth-order valence-electron chi connectivity index (χ4n) is 4.53. The highest BCUT2D eigenvalue weighted by Crippen LogP contribution is 2.51. The van der Waals surface area contributed by atoms with Crippen LogP contribution in [0.5, 0.6) is 0 Å². The van der Waals surface area contributed by atoms with Gasteiger partial charge in [-0.3, -0.25) is 14.5 Å². The van der Waals surface area contributed by atoms with Crippen LogP contribution in [0.4, 0.5) is 4.79 Å². The van der Waals surface area contributed by atoms with Gasteiger partial charge in [0.15, 0.2) is 0 Å². The topological polar surface area (TPSA) is 153 Å². The number of carboxylic acids is 1. The standard InChI is InChI=1S/C20H30N4O6S2/c1-9-15-14(10(2)25)18(27)24(15)16(19(28)29)17(9)32-12-6-11(22-7-12)8-31-5-4-13(26)23(3)20(21)30/h9-12,14-15,22,25H,4-8H2,1-3H3,(H2,21,30)(H,28,29). The SMILES string of the molecule is CC(O)C1C(=O)N2C(C(=O)O)=C(SC3CNC(CSCCC(=O)N(C)C(N)=O)C3)C(C)C12. The fourth-order valence-corrected chi connectivity index (χ4v) is 7.08. The Morgan fingerprint density at radius 2 is 2.06 bits per heavy atom. The average molecular weight is 487 g/mol. The van der Waals surface area contributed by atoms with Crippen molar-refractivity contribution in [2.24, 2.45) is 17.6 Å². The van der Waals surface area contributed by atoms with Gasteiger partial charge in [0.1, 0.15) is 5.70 Å². The maximum atomic E-state index is 12.4. The number of hydrogen-bond donors (Lipinski definition) is 4. The number of aliphatic hydroxyl groups is 1. The number of urea groups is 1. The summed E-state index contributed by atoms with van der Waals surface area (Å²) < 4.78 is 0. The third-order valence-corrected chi connectivity index (χ3v) is 8.91. The summed E-state index contributed by atoms with van der Waals surface area (Å²) in [7, 11) is 1.36. The first kappa shape index (κ1) is 24.9. The second kappa shape index (κ2) is 10.0. The predicted molar refractivity (Wildman–Crippen MR) is 122 cm³/mol. The van der Waals surface area contributed by atoms with E-state index >= 15 is 0 Å². The predicted octanol–water partition coefficient (Wildman–Crippen LogP) is 0.264. The van der Waals surface area contributed by atoms with Gasteiger partial charge in [-0.2, -0.15) is 11.8 Å². The molecule has 12 heteroatoms. The first-order valence-electron chi connectivity index (χ1n) is 10.6. The number of β-lactam (4-membered cyclic amide) rings is 1. The molecule has 3 aliphatic heterocycles. The fraction of sp³-hybridized carbons (Fsp3) is 0.700. The van der Waals surface area contributed by atoms with Crippen LogP contribution < -0.4 is 11.1 Å². The van der Waals surface area contributed by atoms with Crippen LogP contribution in [0.3, 0.4) is 0 Å². The summed E-state index contributed by atoms with van der Waals surface area (Å²) >= 11 is 3.13. The van der Waals surface area contributed by atoms with Crippen molar-refractivity contribution in [1.82, 2.24) is 15.1 Å². The Morgan fingerprint density at radius 1 is 1.38 bits per heavy atom. The van der Waals surface area contributed by atoms with Gasteiger partial charge >= 0.3 is 12.0 Å². The third-order valence-electron chi connectivity index (χ3n) is 6.27. The van der Waals surface area contributed by atoms with E-state index in [1.807, 2.05) is 6.92 Å². The molecule has 0 aromatic carbocycles. The van der Waals surface area contributed by atoms with Gasteiger partial charge in [-0.1, -0.05) is 6.92 Å². The summed E-state index contributed by atoms with van der Waals surface area (Å²) in [5.74, 6) is -1.05. The van der Waals surface area contributed by atoms with Crippen LogP contribution >= 0.6 is 23.5 Å². The van der Waals surface area contributed by atoms with Crippen molar-refractivity contribution in [1.29, 1.82) is 0 Å². The van der Waals surface area contributed by atoms with Crippen LogP contribution in [0.2, 0.25) is 0 Å². The molecule has 10 nitrogen and oxygen atoms in total. The molecule has 2 saturated heterocycles. The average Bonchev–Trinajstić information content (AvgIpc) is 3.25. The quantitative estimate of drug-likeness (QED) is 0.265. The van der Waals surface area contributed by atoms with E-state index in [0.717, 1.165) is 23.6 Å². The number of carboxylic acid groups (broad SMARTS) is 1. The lowest BCUT2D eigenvalue weighted by Gasteiger charge is -2.46. The van der Waals surface area contributed by atoms with Gasteiger partial charge in [0.25, 0.3) is 0 Å². The lowest BCUT2D eigenvalue weighted by molar-refractivity contribution is -0.163. The number of primary amides is 1. The highest BCUT2D eigenvalue weighted by molar-refractivity contribution is 8.03. The number of thioether (sulfide) groups is 2.